The Bertz CT molecular complexity index is 783. The Hall–Kier alpha value is -2.96. The summed E-state index contributed by atoms with van der Waals surface area (Å²) < 4.78 is 15.8. The van der Waals surface area contributed by atoms with Crippen molar-refractivity contribution >= 4 is 11.9 Å². The maximum absolute atomic E-state index is 12.7. The van der Waals surface area contributed by atoms with Gasteiger partial charge in [0.1, 0.15) is 0 Å². The maximum Gasteiger partial charge on any atom is 0.305 e. The third-order valence-corrected chi connectivity index (χ3v) is 4.36. The largest absolute Gasteiger partial charge is 0.493 e. The summed E-state index contributed by atoms with van der Waals surface area (Å²) >= 11 is 0. The van der Waals surface area contributed by atoms with Crippen LogP contribution in [0.1, 0.15) is 34.1 Å². The highest BCUT2D eigenvalue weighted by atomic mass is 16.5. The summed E-state index contributed by atoms with van der Waals surface area (Å²) in [5, 5.41) is 9.33. The molecule has 0 saturated heterocycles. The van der Waals surface area contributed by atoms with Crippen molar-refractivity contribution in [3.8, 4) is 11.5 Å². The zero-order chi connectivity index (χ0) is 18.0. The molecule has 2 heterocycles. The van der Waals surface area contributed by atoms with Crippen LogP contribution in [0.2, 0.25) is 0 Å². The van der Waals surface area contributed by atoms with E-state index in [0.717, 1.165) is 11.1 Å². The molecule has 1 aliphatic heterocycles. The number of hydrogen-bond acceptors (Lipinski definition) is 5. The summed E-state index contributed by atoms with van der Waals surface area (Å²) in [6.07, 6.45) is 1.82. The molecule has 0 fully saturated rings. The molecule has 1 aromatic carbocycles. The second-order valence-corrected chi connectivity index (χ2v) is 5.75. The summed E-state index contributed by atoms with van der Waals surface area (Å²) in [5.74, 6) is -0.0223. The minimum atomic E-state index is -0.982. The molecule has 1 amide bonds. The molecule has 7 nitrogen and oxygen atoms in total. The predicted molar refractivity (Wildman–Crippen MR) is 88.0 cm³/mol. The monoisotopic (exact) mass is 345 g/mol. The van der Waals surface area contributed by atoms with Gasteiger partial charge in [0, 0.05) is 6.54 Å². The Balaban J connectivity index is 2.04. The lowest BCUT2D eigenvalue weighted by atomic mass is 9.89. The average molecular weight is 345 g/mol. The van der Waals surface area contributed by atoms with Crippen molar-refractivity contribution in [1.82, 2.24) is 4.90 Å². The number of carbonyl (C=O) groups is 2. The zero-order valence-electron chi connectivity index (χ0n) is 14.0. The van der Waals surface area contributed by atoms with Gasteiger partial charge in [-0.2, -0.15) is 0 Å². The number of rotatable bonds is 5. The minimum Gasteiger partial charge on any atom is -0.493 e. The number of amides is 1. The van der Waals surface area contributed by atoms with Gasteiger partial charge in [-0.1, -0.05) is 0 Å². The number of ether oxygens (including phenoxy) is 2. The van der Waals surface area contributed by atoms with Gasteiger partial charge in [0.2, 0.25) is 0 Å². The summed E-state index contributed by atoms with van der Waals surface area (Å²) in [5.41, 5.74) is 1.71. The molecule has 2 aromatic rings. The first-order valence-electron chi connectivity index (χ1n) is 7.86. The average Bonchev–Trinajstić information content (AvgIpc) is 3.14. The van der Waals surface area contributed by atoms with Crippen molar-refractivity contribution in [1.29, 1.82) is 0 Å². The Kier molecular flexibility index (Phi) is 4.65. The molecule has 0 spiro atoms. The van der Waals surface area contributed by atoms with Crippen LogP contribution in [-0.2, 0) is 11.2 Å². The van der Waals surface area contributed by atoms with E-state index in [0.29, 0.717) is 24.5 Å². The highest BCUT2D eigenvalue weighted by Gasteiger charge is 2.34. The molecule has 0 bridgehead atoms. The predicted octanol–water partition coefficient (Wildman–Crippen LogP) is 2.51. The first-order chi connectivity index (χ1) is 12.0. The van der Waals surface area contributed by atoms with E-state index in [2.05, 4.69) is 0 Å². The molecule has 1 aliphatic rings. The third kappa shape index (κ3) is 3.17. The number of furan rings is 1. The maximum atomic E-state index is 12.7. The van der Waals surface area contributed by atoms with E-state index in [-0.39, 0.29) is 18.1 Å². The number of carbonyl (C=O) groups excluding carboxylic acids is 1. The number of methoxy groups -OCH3 is 2. The van der Waals surface area contributed by atoms with Gasteiger partial charge in [-0.25, -0.2) is 0 Å². The number of carboxylic acid groups (broad SMARTS) is 1. The van der Waals surface area contributed by atoms with Crippen LogP contribution in [0.4, 0.5) is 0 Å². The molecular formula is C18H19NO6. The van der Waals surface area contributed by atoms with E-state index < -0.39 is 12.0 Å². The van der Waals surface area contributed by atoms with Crippen molar-refractivity contribution in [2.24, 2.45) is 0 Å². The number of fused-ring (bicyclic) bond motifs is 1. The number of nitrogens with zero attached hydrogens (tertiary/aromatic N) is 1. The van der Waals surface area contributed by atoms with Gasteiger partial charge in [0.05, 0.1) is 32.9 Å². The highest BCUT2D eigenvalue weighted by Crippen LogP contribution is 2.40. The van der Waals surface area contributed by atoms with Crippen molar-refractivity contribution < 1.29 is 28.6 Å². The molecule has 0 saturated carbocycles. The van der Waals surface area contributed by atoms with E-state index in [1.165, 1.54) is 13.4 Å². The van der Waals surface area contributed by atoms with Crippen LogP contribution < -0.4 is 9.47 Å². The molecule has 7 heteroatoms. The van der Waals surface area contributed by atoms with Crippen LogP contribution in [0.25, 0.3) is 0 Å². The summed E-state index contributed by atoms with van der Waals surface area (Å²) in [7, 11) is 3.07. The molecule has 0 unspecified atom stereocenters. The molecule has 0 aliphatic carbocycles. The Morgan fingerprint density at radius 3 is 2.60 bits per heavy atom. The Morgan fingerprint density at radius 2 is 2.00 bits per heavy atom. The van der Waals surface area contributed by atoms with E-state index in [1.54, 1.807) is 30.2 Å². The summed E-state index contributed by atoms with van der Waals surface area (Å²) in [4.78, 5) is 25.7. The molecule has 1 aromatic heterocycles. The van der Waals surface area contributed by atoms with Crippen LogP contribution in [0.15, 0.2) is 34.9 Å². The van der Waals surface area contributed by atoms with Gasteiger partial charge in [-0.3, -0.25) is 9.59 Å². The fourth-order valence-electron chi connectivity index (χ4n) is 3.20. The van der Waals surface area contributed by atoms with Crippen LogP contribution >= 0.6 is 0 Å². The Labute approximate surface area is 144 Å². The smallest absolute Gasteiger partial charge is 0.305 e. The van der Waals surface area contributed by atoms with Gasteiger partial charge in [0.15, 0.2) is 17.3 Å². The van der Waals surface area contributed by atoms with Gasteiger partial charge in [-0.15, -0.1) is 0 Å². The van der Waals surface area contributed by atoms with E-state index in [1.807, 2.05) is 6.07 Å². The molecule has 3 rings (SSSR count). The molecule has 1 atom stereocenters. The second kappa shape index (κ2) is 6.88. The van der Waals surface area contributed by atoms with Crippen molar-refractivity contribution in [3.63, 3.8) is 0 Å². The van der Waals surface area contributed by atoms with E-state index in [9.17, 15) is 14.7 Å². The second-order valence-electron chi connectivity index (χ2n) is 5.75. The van der Waals surface area contributed by atoms with Crippen molar-refractivity contribution in [2.45, 2.75) is 18.9 Å². The first-order valence-corrected chi connectivity index (χ1v) is 7.86. The van der Waals surface area contributed by atoms with Crippen molar-refractivity contribution in [2.75, 3.05) is 20.8 Å². The Morgan fingerprint density at radius 1 is 1.28 bits per heavy atom. The van der Waals surface area contributed by atoms with Gasteiger partial charge in [0.25, 0.3) is 5.91 Å². The lowest BCUT2D eigenvalue weighted by molar-refractivity contribution is -0.138. The summed E-state index contributed by atoms with van der Waals surface area (Å²) in [6, 6.07) is 6.20. The molecule has 132 valence electrons. The summed E-state index contributed by atoms with van der Waals surface area (Å²) in [6.45, 7) is 0.403. The van der Waals surface area contributed by atoms with Crippen LogP contribution in [0.3, 0.4) is 0 Å². The molecule has 0 radical (unpaired) electrons. The molecular weight excluding hydrogens is 326 g/mol. The van der Waals surface area contributed by atoms with Gasteiger partial charge >= 0.3 is 5.97 Å². The quantitative estimate of drug-likeness (QED) is 0.896. The standard InChI is InChI=1S/C18H19NO6/c1-23-15-8-11-5-6-19(18(22)14-4-3-7-25-14)13(10-17(20)21)12(11)9-16(15)24-2/h3-4,7-9,13H,5-6,10H2,1-2H3,(H,20,21)/t13-/m1/s1. The number of hydrogen-bond donors (Lipinski definition) is 1. The lowest BCUT2D eigenvalue weighted by Gasteiger charge is -2.36. The van der Waals surface area contributed by atoms with Gasteiger partial charge in [-0.05, 0) is 41.8 Å². The number of carboxylic acids is 1. The minimum absolute atomic E-state index is 0.194. The normalized spacial score (nSPS) is 16.2. The number of benzene rings is 1. The third-order valence-electron chi connectivity index (χ3n) is 4.36. The first kappa shape index (κ1) is 16.9. The SMILES string of the molecule is COc1cc2c(cc1OC)[C@@H](CC(=O)O)N(C(=O)c1ccco1)CC2. The van der Waals surface area contributed by atoms with Gasteiger partial charge < -0.3 is 23.9 Å². The number of aliphatic carboxylic acids is 1. The van der Waals surface area contributed by atoms with E-state index in [4.69, 9.17) is 13.9 Å². The van der Waals surface area contributed by atoms with Crippen LogP contribution in [0.5, 0.6) is 11.5 Å². The lowest BCUT2D eigenvalue weighted by Crippen LogP contribution is -2.41. The topological polar surface area (TPSA) is 89.2 Å². The van der Waals surface area contributed by atoms with Crippen LogP contribution in [0, 0.1) is 0 Å². The molecule has 25 heavy (non-hydrogen) atoms. The van der Waals surface area contributed by atoms with Crippen LogP contribution in [-0.4, -0.2) is 42.6 Å². The fraction of sp³-hybridized carbons (Fsp3) is 0.333. The van der Waals surface area contributed by atoms with E-state index >= 15 is 0 Å². The highest BCUT2D eigenvalue weighted by molar-refractivity contribution is 5.92. The molecule has 1 N–H and O–H groups in total. The fourth-order valence-corrected chi connectivity index (χ4v) is 3.20. The van der Waals surface area contributed by atoms with Crippen molar-refractivity contribution in [3.05, 3.63) is 47.4 Å². The zero-order valence-corrected chi connectivity index (χ0v) is 14.0.